The fourth-order valence-corrected chi connectivity index (χ4v) is 9.22. The maximum atomic E-state index is 13.5. The number of allylic oxidation sites excluding steroid dienone is 1. The Morgan fingerprint density at radius 2 is 1.69 bits per heavy atom. The third-order valence-corrected chi connectivity index (χ3v) is 12.9. The first-order valence-corrected chi connectivity index (χ1v) is 21.5. The molecule has 324 valence electrons. The number of hydrogen-bond acceptors (Lipinski definition) is 12. The van der Waals surface area contributed by atoms with Crippen LogP contribution < -0.4 is 31.7 Å². The molecule has 0 saturated carbocycles. The van der Waals surface area contributed by atoms with E-state index in [1.807, 2.05) is 49.4 Å². The predicted molar refractivity (Wildman–Crippen MR) is 232 cm³/mol. The maximum Gasteiger partial charge on any atom is 0.278 e. The number of carbonyl (C=O) groups is 2. The summed E-state index contributed by atoms with van der Waals surface area (Å²) in [6.45, 7) is 7.20. The first-order chi connectivity index (χ1) is 30.0. The molecule has 0 radical (unpaired) electrons. The molecule has 3 fully saturated rings. The summed E-state index contributed by atoms with van der Waals surface area (Å²) < 4.78 is 29.1. The Kier molecular flexibility index (Phi) is 11.6. The van der Waals surface area contributed by atoms with Crippen LogP contribution in [0.15, 0.2) is 83.8 Å². The standard InChI is InChI=1S/C45H51F2N11O4/c1-2-45(62)19-15-29-5-13-38(52-40(29)45)58-41-36(43(61)57(58)24-18-37(46)47)25-50-44(54-41)51-32-8-6-30(7-9-32)48-20-21-49-31-16-22-55(23-17-31)34-26-56(27-34)33-10-3-28(4-11-33)35-12-14-39(59)53-42(35)60/h3-11,13,18,25,31,34-35,48-49,62H,2,12,14-17,19-24,26-27H2,1H3,(H,50,51,54)(H,53,59,60)/t35?,45-/m1/s1. The number of anilines is 4. The molecule has 2 amide bonds. The van der Waals surface area contributed by atoms with Crippen LogP contribution in [0.5, 0.6) is 0 Å². The van der Waals surface area contributed by atoms with E-state index in [1.54, 1.807) is 6.07 Å². The van der Waals surface area contributed by atoms with Gasteiger partial charge in [-0.05, 0) is 92.1 Å². The molecule has 5 N–H and O–H groups in total. The highest BCUT2D eigenvalue weighted by Gasteiger charge is 2.38. The van der Waals surface area contributed by atoms with Gasteiger partial charge in [0.15, 0.2) is 11.5 Å². The normalized spacial score (nSPS) is 20.8. The van der Waals surface area contributed by atoms with Gasteiger partial charge in [0.2, 0.25) is 17.8 Å². The van der Waals surface area contributed by atoms with Crippen molar-refractivity contribution in [2.75, 3.05) is 54.8 Å². The van der Waals surface area contributed by atoms with Crippen LogP contribution in [0.3, 0.4) is 0 Å². The topological polar surface area (TPSA) is 175 Å². The van der Waals surface area contributed by atoms with Gasteiger partial charge in [0.25, 0.3) is 11.6 Å². The lowest BCUT2D eigenvalue weighted by atomic mass is 9.90. The molecule has 2 atom stereocenters. The number of likely N-dealkylation sites (tertiary alicyclic amines) is 1. The Balaban J connectivity index is 0.747. The fourth-order valence-electron chi connectivity index (χ4n) is 9.22. The molecule has 5 aromatic rings. The maximum absolute atomic E-state index is 13.5. The van der Waals surface area contributed by atoms with Gasteiger partial charge in [-0.15, -0.1) is 0 Å². The Hall–Kier alpha value is -6.04. The minimum atomic E-state index is -1.91. The van der Waals surface area contributed by atoms with Gasteiger partial charge in [0.05, 0.1) is 18.2 Å². The third-order valence-electron chi connectivity index (χ3n) is 12.9. The molecule has 3 aromatic heterocycles. The predicted octanol–water partition coefficient (Wildman–Crippen LogP) is 4.92. The van der Waals surface area contributed by atoms with E-state index in [4.69, 9.17) is 4.98 Å². The number of hydrogen-bond donors (Lipinski definition) is 5. The highest BCUT2D eigenvalue weighted by atomic mass is 19.3. The highest BCUT2D eigenvalue weighted by molar-refractivity contribution is 6.01. The number of benzene rings is 2. The van der Waals surface area contributed by atoms with Gasteiger partial charge in [-0.25, -0.2) is 19.3 Å². The number of halogens is 2. The number of rotatable bonds is 14. The van der Waals surface area contributed by atoms with Crippen molar-refractivity contribution in [1.82, 2.24) is 39.8 Å². The van der Waals surface area contributed by atoms with Crippen LogP contribution in [0, 0.1) is 0 Å². The summed E-state index contributed by atoms with van der Waals surface area (Å²) in [5.41, 5.74) is 3.79. The fraction of sp³-hybridized carbons (Fsp3) is 0.422. The van der Waals surface area contributed by atoms with Crippen molar-refractivity contribution in [1.29, 1.82) is 0 Å². The number of amides is 2. The summed E-state index contributed by atoms with van der Waals surface area (Å²) >= 11 is 0. The van der Waals surface area contributed by atoms with E-state index < -0.39 is 23.8 Å². The summed E-state index contributed by atoms with van der Waals surface area (Å²) in [6.07, 6.45) is 4.95. The quantitative estimate of drug-likeness (QED) is 0.0756. The summed E-state index contributed by atoms with van der Waals surface area (Å²) in [7, 11) is 0. The van der Waals surface area contributed by atoms with Gasteiger partial charge in [-0.1, -0.05) is 25.1 Å². The smallest absolute Gasteiger partial charge is 0.278 e. The molecule has 62 heavy (non-hydrogen) atoms. The second-order valence-electron chi connectivity index (χ2n) is 16.7. The molecule has 15 nitrogen and oxygen atoms in total. The molecule has 9 rings (SSSR count). The Labute approximate surface area is 357 Å². The number of imide groups is 1. The lowest BCUT2D eigenvalue weighted by molar-refractivity contribution is -0.134. The molecule has 3 saturated heterocycles. The molecular formula is C45H51F2N11O4. The molecule has 1 aliphatic carbocycles. The largest absolute Gasteiger partial charge is 0.384 e. The number of aliphatic hydroxyl groups is 1. The molecule has 2 aromatic carbocycles. The summed E-state index contributed by atoms with van der Waals surface area (Å²) in [5.74, 6) is -0.152. The second-order valence-corrected chi connectivity index (χ2v) is 16.7. The van der Waals surface area contributed by atoms with Crippen molar-refractivity contribution in [3.8, 4) is 5.82 Å². The number of pyridine rings is 1. The summed E-state index contributed by atoms with van der Waals surface area (Å²) in [4.78, 5) is 56.0. The zero-order chi connectivity index (χ0) is 43.0. The van der Waals surface area contributed by atoms with Crippen molar-refractivity contribution in [2.45, 2.75) is 82.0 Å². The molecule has 1 unspecified atom stereocenters. The number of nitrogens with one attached hydrogen (secondary N) is 4. The minimum Gasteiger partial charge on any atom is -0.384 e. The van der Waals surface area contributed by atoms with E-state index in [9.17, 15) is 28.3 Å². The van der Waals surface area contributed by atoms with Gasteiger partial charge in [-0.2, -0.15) is 13.8 Å². The lowest BCUT2D eigenvalue weighted by Gasteiger charge is -2.48. The highest BCUT2D eigenvalue weighted by Crippen LogP contribution is 2.38. The molecule has 17 heteroatoms. The first-order valence-electron chi connectivity index (χ1n) is 21.5. The van der Waals surface area contributed by atoms with Crippen LogP contribution in [0.2, 0.25) is 0 Å². The SMILES string of the molecule is CC[C@@]1(O)CCc2ccc(-n3c4nc(Nc5ccc(NCCNC6CCN(C7CN(c8ccc(C9CCC(=O)NC9=O)cc8)C7)CC6)cc5)ncc4c(=O)n3CC=C(F)F)nc21. The van der Waals surface area contributed by atoms with Crippen LogP contribution in [0.1, 0.15) is 68.2 Å². The molecular weight excluding hydrogens is 797 g/mol. The molecule has 6 heterocycles. The Morgan fingerprint density at radius 3 is 2.42 bits per heavy atom. The van der Waals surface area contributed by atoms with Crippen LogP contribution in [0.25, 0.3) is 16.9 Å². The number of aryl methyl sites for hydroxylation is 1. The van der Waals surface area contributed by atoms with Crippen molar-refractivity contribution in [3.05, 3.63) is 106 Å². The lowest BCUT2D eigenvalue weighted by Crippen LogP contribution is -2.61. The van der Waals surface area contributed by atoms with E-state index in [2.05, 4.69) is 53.2 Å². The first kappa shape index (κ1) is 41.3. The summed E-state index contributed by atoms with van der Waals surface area (Å²) in [6, 6.07) is 20.5. The number of carbonyl (C=O) groups excluding carboxylic acids is 2. The van der Waals surface area contributed by atoms with E-state index in [0.29, 0.717) is 56.0 Å². The molecule has 3 aliphatic heterocycles. The monoisotopic (exact) mass is 847 g/mol. The van der Waals surface area contributed by atoms with E-state index in [1.165, 1.54) is 16.6 Å². The zero-order valence-electron chi connectivity index (χ0n) is 34.6. The van der Waals surface area contributed by atoms with Gasteiger partial charge in [0.1, 0.15) is 11.0 Å². The average molecular weight is 848 g/mol. The Morgan fingerprint density at radius 1 is 0.935 bits per heavy atom. The Bertz CT molecular complexity index is 2540. The van der Waals surface area contributed by atoms with Gasteiger partial charge in [0, 0.05) is 87.1 Å². The molecule has 0 bridgehead atoms. The van der Waals surface area contributed by atoms with Gasteiger partial charge in [-0.3, -0.25) is 24.6 Å². The molecule has 4 aliphatic rings. The number of fused-ring (bicyclic) bond motifs is 2. The average Bonchev–Trinajstić information content (AvgIpc) is 3.74. The van der Waals surface area contributed by atoms with Crippen molar-refractivity contribution >= 4 is 45.9 Å². The van der Waals surface area contributed by atoms with Gasteiger partial charge >= 0.3 is 0 Å². The van der Waals surface area contributed by atoms with Crippen molar-refractivity contribution in [3.63, 3.8) is 0 Å². The zero-order valence-corrected chi connectivity index (χ0v) is 34.6. The van der Waals surface area contributed by atoms with E-state index in [0.717, 1.165) is 79.3 Å². The third kappa shape index (κ3) is 8.43. The second kappa shape index (κ2) is 17.4. The van der Waals surface area contributed by atoms with Crippen molar-refractivity contribution in [2.24, 2.45) is 0 Å². The van der Waals surface area contributed by atoms with Crippen LogP contribution >= 0.6 is 0 Å². The number of piperidine rings is 2. The van der Waals surface area contributed by atoms with Gasteiger partial charge < -0.3 is 26.0 Å². The minimum absolute atomic E-state index is 0.147. The van der Waals surface area contributed by atoms with Crippen LogP contribution in [-0.4, -0.2) is 97.5 Å². The number of nitrogens with zero attached hydrogens (tertiary/aromatic N) is 7. The van der Waals surface area contributed by atoms with Crippen LogP contribution in [0.4, 0.5) is 31.8 Å². The van der Waals surface area contributed by atoms with Crippen LogP contribution in [-0.2, 0) is 28.2 Å². The van der Waals surface area contributed by atoms with E-state index in [-0.39, 0.29) is 40.5 Å². The van der Waals surface area contributed by atoms with E-state index >= 15 is 0 Å². The van der Waals surface area contributed by atoms with Crippen molar-refractivity contribution < 1.29 is 23.5 Å². The number of aromatic nitrogens is 5. The summed E-state index contributed by atoms with van der Waals surface area (Å²) in [5, 5.41) is 24.2. The molecule has 0 spiro atoms.